The second kappa shape index (κ2) is 9.81. The first-order valence-electron chi connectivity index (χ1n) is 9.64. The van der Waals surface area contributed by atoms with Crippen molar-refractivity contribution in [1.29, 1.82) is 0 Å². The predicted octanol–water partition coefficient (Wildman–Crippen LogP) is 6.73. The Bertz CT molecular complexity index is 1250. The smallest absolute Gasteiger partial charge is 0.292 e. The van der Waals surface area contributed by atoms with Gasteiger partial charge in [0.15, 0.2) is 11.6 Å². The maximum absolute atomic E-state index is 12.6. The van der Waals surface area contributed by atoms with Gasteiger partial charge in [-0.25, -0.2) is 0 Å². The summed E-state index contributed by atoms with van der Waals surface area (Å²) in [5, 5.41) is 8.39. The van der Waals surface area contributed by atoms with Gasteiger partial charge in [0.25, 0.3) is 5.91 Å². The van der Waals surface area contributed by atoms with Crippen molar-refractivity contribution in [3.05, 3.63) is 98.0 Å². The van der Waals surface area contributed by atoms with Gasteiger partial charge in [-0.3, -0.25) is 9.48 Å². The third-order valence-corrected chi connectivity index (χ3v) is 5.66. The molecule has 2 aromatic carbocycles. The zero-order chi connectivity index (χ0) is 22.7. The highest BCUT2D eigenvalue weighted by atomic mass is 79.9. The van der Waals surface area contributed by atoms with Gasteiger partial charge in [0.1, 0.15) is 18.1 Å². The third-order valence-electron chi connectivity index (χ3n) is 4.62. The van der Waals surface area contributed by atoms with Crippen LogP contribution in [0.4, 0.5) is 5.82 Å². The standard InChI is InChI=1S/C23H18BrCl2N3O3/c1-14-10-22(28-29(14)12-15-2-5-17(25)6-3-15)27-23(30)21-9-7-18(32-21)13-31-20-8-4-16(24)11-19(20)26/h2-11H,12-13H2,1H3,(H,27,28,30). The van der Waals surface area contributed by atoms with Gasteiger partial charge in [-0.2, -0.15) is 5.10 Å². The number of carbonyl (C=O) groups excluding carboxylic acids is 1. The molecule has 0 atom stereocenters. The van der Waals surface area contributed by atoms with Gasteiger partial charge in [-0.15, -0.1) is 0 Å². The zero-order valence-electron chi connectivity index (χ0n) is 16.9. The van der Waals surface area contributed by atoms with Crippen molar-refractivity contribution in [3.8, 4) is 5.75 Å². The van der Waals surface area contributed by atoms with E-state index in [-0.39, 0.29) is 12.4 Å². The monoisotopic (exact) mass is 533 g/mol. The zero-order valence-corrected chi connectivity index (χ0v) is 20.0. The molecule has 0 unspecified atom stereocenters. The van der Waals surface area contributed by atoms with Crippen LogP contribution in [0, 0.1) is 6.92 Å². The lowest BCUT2D eigenvalue weighted by Crippen LogP contribution is -2.12. The number of amides is 1. The normalized spacial score (nSPS) is 10.9. The molecule has 0 spiro atoms. The van der Waals surface area contributed by atoms with Crippen molar-refractivity contribution >= 4 is 50.9 Å². The van der Waals surface area contributed by atoms with Gasteiger partial charge in [-0.1, -0.05) is 51.3 Å². The van der Waals surface area contributed by atoms with E-state index in [0.717, 1.165) is 15.7 Å². The topological polar surface area (TPSA) is 69.3 Å². The summed E-state index contributed by atoms with van der Waals surface area (Å²) in [6.07, 6.45) is 0. The minimum absolute atomic E-state index is 0.142. The quantitative estimate of drug-likeness (QED) is 0.285. The summed E-state index contributed by atoms with van der Waals surface area (Å²) in [7, 11) is 0. The molecule has 0 aliphatic rings. The molecule has 1 N–H and O–H groups in total. The third kappa shape index (κ3) is 5.54. The van der Waals surface area contributed by atoms with Gasteiger partial charge in [-0.05, 0) is 55.0 Å². The Labute approximate surface area is 203 Å². The molecule has 0 radical (unpaired) electrons. The number of anilines is 1. The highest BCUT2D eigenvalue weighted by molar-refractivity contribution is 9.10. The molecule has 2 aromatic heterocycles. The van der Waals surface area contributed by atoms with Gasteiger partial charge in [0, 0.05) is 21.3 Å². The van der Waals surface area contributed by atoms with Crippen LogP contribution < -0.4 is 10.1 Å². The number of nitrogens with zero attached hydrogens (tertiary/aromatic N) is 2. The van der Waals surface area contributed by atoms with Crippen LogP contribution in [0.5, 0.6) is 5.75 Å². The number of nitrogens with one attached hydrogen (secondary N) is 1. The first-order valence-corrected chi connectivity index (χ1v) is 11.2. The van der Waals surface area contributed by atoms with E-state index in [0.29, 0.717) is 33.9 Å². The van der Waals surface area contributed by atoms with Crippen molar-refractivity contribution < 1.29 is 13.9 Å². The number of furan rings is 1. The van der Waals surface area contributed by atoms with Crippen LogP contribution in [0.15, 0.2) is 69.6 Å². The molecule has 0 saturated heterocycles. The van der Waals surface area contributed by atoms with Crippen LogP contribution in [0.1, 0.15) is 27.6 Å². The molecule has 1 amide bonds. The number of rotatable bonds is 7. The average molecular weight is 535 g/mol. The summed E-state index contributed by atoms with van der Waals surface area (Å²) < 4.78 is 13.9. The Morgan fingerprint density at radius 1 is 1.12 bits per heavy atom. The number of halogens is 3. The molecular formula is C23H18BrCl2N3O3. The summed E-state index contributed by atoms with van der Waals surface area (Å²) in [4.78, 5) is 12.6. The summed E-state index contributed by atoms with van der Waals surface area (Å²) in [6, 6.07) is 18.0. The van der Waals surface area contributed by atoms with Crippen molar-refractivity contribution in [2.75, 3.05) is 5.32 Å². The fourth-order valence-corrected chi connectivity index (χ4v) is 3.84. The molecule has 6 nitrogen and oxygen atoms in total. The first-order chi connectivity index (χ1) is 15.4. The fraction of sp³-hybridized carbons (Fsp3) is 0.130. The summed E-state index contributed by atoms with van der Waals surface area (Å²) in [6.45, 7) is 2.64. The van der Waals surface area contributed by atoms with Crippen LogP contribution in [-0.4, -0.2) is 15.7 Å². The van der Waals surface area contributed by atoms with E-state index in [2.05, 4.69) is 26.3 Å². The predicted molar refractivity (Wildman–Crippen MR) is 128 cm³/mol. The molecule has 32 heavy (non-hydrogen) atoms. The summed E-state index contributed by atoms with van der Waals surface area (Å²) >= 11 is 15.4. The average Bonchev–Trinajstić information content (AvgIpc) is 3.36. The molecule has 164 valence electrons. The van der Waals surface area contributed by atoms with E-state index >= 15 is 0 Å². The minimum atomic E-state index is -0.394. The van der Waals surface area contributed by atoms with Gasteiger partial charge >= 0.3 is 0 Å². The van der Waals surface area contributed by atoms with Crippen LogP contribution in [-0.2, 0) is 13.2 Å². The molecule has 9 heteroatoms. The minimum Gasteiger partial charge on any atom is -0.484 e. The SMILES string of the molecule is Cc1cc(NC(=O)c2ccc(COc3ccc(Br)cc3Cl)o2)nn1Cc1ccc(Cl)cc1. The number of benzene rings is 2. The second-order valence-corrected chi connectivity index (χ2v) is 8.80. The van der Waals surface area contributed by atoms with Crippen LogP contribution in [0.3, 0.4) is 0 Å². The molecular weight excluding hydrogens is 517 g/mol. The summed E-state index contributed by atoms with van der Waals surface area (Å²) in [5.41, 5.74) is 1.97. The van der Waals surface area contributed by atoms with Crippen molar-refractivity contribution in [3.63, 3.8) is 0 Å². The molecule has 0 bridgehead atoms. The number of ether oxygens (including phenoxy) is 1. The largest absolute Gasteiger partial charge is 0.484 e. The summed E-state index contributed by atoms with van der Waals surface area (Å²) in [5.74, 6) is 1.24. The Morgan fingerprint density at radius 3 is 2.66 bits per heavy atom. The highest BCUT2D eigenvalue weighted by Gasteiger charge is 2.15. The van der Waals surface area contributed by atoms with Gasteiger partial charge in [0.05, 0.1) is 11.6 Å². The molecule has 4 aromatic rings. The van der Waals surface area contributed by atoms with Crippen LogP contribution >= 0.6 is 39.1 Å². The number of hydrogen-bond donors (Lipinski definition) is 1. The maximum atomic E-state index is 12.6. The molecule has 0 aliphatic heterocycles. The Hall–Kier alpha value is -2.74. The van der Waals surface area contributed by atoms with E-state index in [1.165, 1.54) is 0 Å². The highest BCUT2D eigenvalue weighted by Crippen LogP contribution is 2.28. The lowest BCUT2D eigenvalue weighted by molar-refractivity contribution is 0.0992. The Kier molecular flexibility index (Phi) is 6.89. The number of aryl methyl sites for hydroxylation is 1. The van der Waals surface area contributed by atoms with E-state index in [9.17, 15) is 4.79 Å². The molecule has 0 saturated carbocycles. The number of aromatic nitrogens is 2. The second-order valence-electron chi connectivity index (χ2n) is 7.04. The molecule has 0 aliphatic carbocycles. The van der Waals surface area contributed by atoms with E-state index in [4.69, 9.17) is 32.4 Å². The van der Waals surface area contributed by atoms with E-state index in [1.807, 2.05) is 41.9 Å². The lowest BCUT2D eigenvalue weighted by Gasteiger charge is -2.06. The van der Waals surface area contributed by atoms with Crippen LogP contribution in [0.2, 0.25) is 10.0 Å². The maximum Gasteiger partial charge on any atom is 0.292 e. The van der Waals surface area contributed by atoms with Crippen LogP contribution in [0.25, 0.3) is 0 Å². The van der Waals surface area contributed by atoms with Crippen molar-refractivity contribution in [2.24, 2.45) is 0 Å². The number of carbonyl (C=O) groups is 1. The van der Waals surface area contributed by atoms with E-state index < -0.39 is 5.91 Å². The Balaban J connectivity index is 1.37. The fourth-order valence-electron chi connectivity index (χ4n) is 2.99. The van der Waals surface area contributed by atoms with Gasteiger partial charge in [0.2, 0.25) is 0 Å². The number of hydrogen-bond acceptors (Lipinski definition) is 4. The van der Waals surface area contributed by atoms with E-state index in [1.54, 1.807) is 30.3 Å². The molecule has 2 heterocycles. The Morgan fingerprint density at radius 2 is 1.91 bits per heavy atom. The lowest BCUT2D eigenvalue weighted by atomic mass is 10.2. The first kappa shape index (κ1) is 22.5. The van der Waals surface area contributed by atoms with Gasteiger partial charge < -0.3 is 14.5 Å². The molecule has 0 fully saturated rings. The van der Waals surface area contributed by atoms with Crippen molar-refractivity contribution in [2.45, 2.75) is 20.1 Å². The molecule has 4 rings (SSSR count). The van der Waals surface area contributed by atoms with Crippen molar-refractivity contribution in [1.82, 2.24) is 9.78 Å².